The highest BCUT2D eigenvalue weighted by molar-refractivity contribution is 7.57. The first kappa shape index (κ1) is 19.2. The van der Waals surface area contributed by atoms with E-state index in [1.54, 1.807) is 24.6 Å². The zero-order valence-corrected chi connectivity index (χ0v) is 15.2. The van der Waals surface area contributed by atoms with E-state index >= 15 is 0 Å². The second kappa shape index (κ2) is 8.14. The summed E-state index contributed by atoms with van der Waals surface area (Å²) in [5.41, 5.74) is 0.511. The summed E-state index contributed by atoms with van der Waals surface area (Å²) < 4.78 is 28.3. The minimum absolute atomic E-state index is 0.302. The zero-order chi connectivity index (χ0) is 16.8. The second-order valence-electron chi connectivity index (χ2n) is 6.13. The lowest BCUT2D eigenvalue weighted by Crippen LogP contribution is -2.40. The molecule has 6 nitrogen and oxygen atoms in total. The van der Waals surface area contributed by atoms with Gasteiger partial charge >= 0.3 is 13.7 Å². The molecule has 0 atom stereocenters. The lowest BCUT2D eigenvalue weighted by atomic mass is 10.1. The Morgan fingerprint density at radius 1 is 1.18 bits per heavy atom. The quantitative estimate of drug-likeness (QED) is 0.707. The predicted octanol–water partition coefficient (Wildman–Crippen LogP) is 4.17. The van der Waals surface area contributed by atoms with Gasteiger partial charge in [0.2, 0.25) is 0 Å². The van der Waals surface area contributed by atoms with Gasteiger partial charge in [-0.3, -0.25) is 4.57 Å². The molecule has 0 aromatic heterocycles. The van der Waals surface area contributed by atoms with Gasteiger partial charge in [0.15, 0.2) is 0 Å². The Labute approximate surface area is 133 Å². The number of carbonyl (C=O) groups excluding carboxylic acids is 1. The van der Waals surface area contributed by atoms with Crippen LogP contribution >= 0.6 is 7.60 Å². The molecule has 1 fully saturated rings. The SMILES string of the molecule is CCOP(=O)(C=C1CCN(C(=O)OC(C)(C)C)CC1)OCC. The summed E-state index contributed by atoms with van der Waals surface area (Å²) in [4.78, 5) is 13.7. The van der Waals surface area contributed by atoms with Gasteiger partial charge in [0.25, 0.3) is 0 Å². The van der Waals surface area contributed by atoms with Crippen molar-refractivity contribution in [2.24, 2.45) is 0 Å². The van der Waals surface area contributed by atoms with Crippen LogP contribution in [-0.2, 0) is 18.3 Å². The molecule has 128 valence electrons. The molecule has 7 heteroatoms. The van der Waals surface area contributed by atoms with Crippen molar-refractivity contribution in [2.75, 3.05) is 26.3 Å². The van der Waals surface area contributed by atoms with Crippen LogP contribution in [0.4, 0.5) is 4.79 Å². The molecule has 0 saturated carbocycles. The number of hydrogen-bond acceptors (Lipinski definition) is 5. The smallest absolute Gasteiger partial charge is 0.410 e. The third-order valence-corrected chi connectivity index (χ3v) is 4.93. The van der Waals surface area contributed by atoms with Crippen molar-refractivity contribution in [3.05, 3.63) is 11.4 Å². The molecule has 22 heavy (non-hydrogen) atoms. The first-order valence-electron chi connectivity index (χ1n) is 7.76. The van der Waals surface area contributed by atoms with Crippen LogP contribution in [0.25, 0.3) is 0 Å². The van der Waals surface area contributed by atoms with Crippen LogP contribution in [0.15, 0.2) is 11.4 Å². The Kier molecular flexibility index (Phi) is 7.10. The Bertz CT molecular complexity index is 435. The Morgan fingerprint density at radius 2 is 1.68 bits per heavy atom. The molecular formula is C15H28NO5P. The number of nitrogens with zero attached hydrogens (tertiary/aromatic N) is 1. The van der Waals surface area contributed by atoms with E-state index < -0.39 is 13.2 Å². The standard InChI is InChI=1S/C15H28NO5P/c1-6-19-22(18,20-7-2)12-13-8-10-16(11-9-13)14(17)21-15(3,4)5/h12H,6-11H2,1-5H3. The number of rotatable bonds is 5. The third kappa shape index (κ3) is 6.51. The monoisotopic (exact) mass is 333 g/mol. The molecule has 1 saturated heterocycles. The van der Waals surface area contributed by atoms with Crippen LogP contribution in [0.3, 0.4) is 0 Å². The molecule has 1 aliphatic heterocycles. The van der Waals surface area contributed by atoms with Crippen molar-refractivity contribution in [1.29, 1.82) is 0 Å². The van der Waals surface area contributed by atoms with Crippen LogP contribution in [0.1, 0.15) is 47.5 Å². The van der Waals surface area contributed by atoms with Crippen molar-refractivity contribution >= 4 is 13.7 Å². The van der Waals surface area contributed by atoms with Gasteiger partial charge in [-0.15, -0.1) is 0 Å². The molecule has 0 aliphatic carbocycles. The highest BCUT2D eigenvalue weighted by Crippen LogP contribution is 2.51. The normalized spacial score (nSPS) is 16.6. The summed E-state index contributed by atoms with van der Waals surface area (Å²) in [5.74, 6) is 1.62. The minimum Gasteiger partial charge on any atom is -0.444 e. The third-order valence-electron chi connectivity index (χ3n) is 3.02. The molecule has 1 heterocycles. The first-order valence-corrected chi connectivity index (χ1v) is 9.37. The zero-order valence-electron chi connectivity index (χ0n) is 14.3. The van der Waals surface area contributed by atoms with E-state index in [0.29, 0.717) is 39.1 Å². The van der Waals surface area contributed by atoms with Crippen LogP contribution in [0.5, 0.6) is 0 Å². The van der Waals surface area contributed by atoms with Gasteiger partial charge in [-0.2, -0.15) is 0 Å². The second-order valence-corrected chi connectivity index (χ2v) is 7.98. The number of ether oxygens (including phenoxy) is 1. The highest BCUT2D eigenvalue weighted by Gasteiger charge is 2.27. The number of amides is 1. The molecule has 0 bridgehead atoms. The fourth-order valence-corrected chi connectivity index (χ4v) is 3.78. The number of likely N-dealkylation sites (tertiary alicyclic amines) is 1. The highest BCUT2D eigenvalue weighted by atomic mass is 31.2. The van der Waals surface area contributed by atoms with Crippen molar-refractivity contribution < 1.29 is 23.1 Å². The molecule has 0 N–H and O–H groups in total. The molecule has 1 rings (SSSR count). The van der Waals surface area contributed by atoms with Gasteiger partial charge in [-0.05, 0) is 47.5 Å². The van der Waals surface area contributed by atoms with Crippen LogP contribution in [-0.4, -0.2) is 42.9 Å². The number of hydrogen-bond donors (Lipinski definition) is 0. The lowest BCUT2D eigenvalue weighted by molar-refractivity contribution is 0.0236. The Balaban J connectivity index is 2.62. The van der Waals surface area contributed by atoms with Crippen molar-refractivity contribution in [3.63, 3.8) is 0 Å². The summed E-state index contributed by atoms with van der Waals surface area (Å²) in [5, 5.41) is 0. The van der Waals surface area contributed by atoms with Crippen molar-refractivity contribution in [1.82, 2.24) is 4.90 Å². The minimum atomic E-state index is -3.16. The van der Waals surface area contributed by atoms with E-state index in [-0.39, 0.29) is 6.09 Å². The molecular weight excluding hydrogens is 305 g/mol. The van der Waals surface area contributed by atoms with Crippen LogP contribution in [0, 0.1) is 0 Å². The van der Waals surface area contributed by atoms with E-state index in [0.717, 1.165) is 5.57 Å². The fraction of sp³-hybridized carbons (Fsp3) is 0.800. The average molecular weight is 333 g/mol. The van der Waals surface area contributed by atoms with E-state index in [1.165, 1.54) is 0 Å². The van der Waals surface area contributed by atoms with Gasteiger partial charge in [-0.25, -0.2) is 4.79 Å². The van der Waals surface area contributed by atoms with Gasteiger partial charge in [0.05, 0.1) is 13.2 Å². The molecule has 1 aliphatic rings. The maximum Gasteiger partial charge on any atom is 0.410 e. The van der Waals surface area contributed by atoms with Crippen molar-refractivity contribution in [3.8, 4) is 0 Å². The van der Waals surface area contributed by atoms with Crippen molar-refractivity contribution in [2.45, 2.75) is 53.1 Å². The van der Waals surface area contributed by atoms with Gasteiger partial charge in [0.1, 0.15) is 5.60 Å². The van der Waals surface area contributed by atoms with Crippen LogP contribution in [0.2, 0.25) is 0 Å². The summed E-state index contributed by atoms with van der Waals surface area (Å²) in [6.45, 7) is 10.9. The molecule has 0 aromatic carbocycles. The number of piperidine rings is 1. The maximum atomic E-state index is 12.5. The first-order chi connectivity index (χ1) is 10.2. The maximum absolute atomic E-state index is 12.5. The molecule has 0 radical (unpaired) electrons. The lowest BCUT2D eigenvalue weighted by Gasteiger charge is -2.31. The van der Waals surface area contributed by atoms with E-state index in [1.807, 2.05) is 20.8 Å². The summed E-state index contributed by atoms with van der Waals surface area (Å²) in [6.07, 6.45) is 1.01. The Hall–Kier alpha value is -0.840. The molecule has 0 unspecified atom stereocenters. The van der Waals surface area contributed by atoms with E-state index in [4.69, 9.17) is 13.8 Å². The predicted molar refractivity (Wildman–Crippen MR) is 86.0 cm³/mol. The Morgan fingerprint density at radius 3 is 2.09 bits per heavy atom. The molecule has 0 spiro atoms. The van der Waals surface area contributed by atoms with E-state index in [2.05, 4.69) is 0 Å². The average Bonchev–Trinajstić information content (AvgIpc) is 2.37. The van der Waals surface area contributed by atoms with Crippen LogP contribution < -0.4 is 0 Å². The summed E-state index contributed by atoms with van der Waals surface area (Å²) in [7, 11) is -3.16. The fourth-order valence-electron chi connectivity index (χ4n) is 2.13. The van der Waals surface area contributed by atoms with Gasteiger partial charge in [0, 0.05) is 18.9 Å². The summed E-state index contributed by atoms with van der Waals surface area (Å²) >= 11 is 0. The summed E-state index contributed by atoms with van der Waals surface area (Å²) in [6, 6.07) is 0. The topological polar surface area (TPSA) is 65.1 Å². The largest absolute Gasteiger partial charge is 0.444 e. The van der Waals surface area contributed by atoms with E-state index in [9.17, 15) is 9.36 Å². The molecule has 0 aromatic rings. The van der Waals surface area contributed by atoms with Gasteiger partial charge < -0.3 is 18.7 Å². The van der Waals surface area contributed by atoms with Gasteiger partial charge in [-0.1, -0.05) is 5.57 Å². The number of carbonyl (C=O) groups is 1. The molecule has 1 amide bonds.